The summed E-state index contributed by atoms with van der Waals surface area (Å²) in [6, 6.07) is 9.18. The Morgan fingerprint density at radius 1 is 1.31 bits per heavy atom. The van der Waals surface area contributed by atoms with Gasteiger partial charge in [-0.3, -0.25) is 14.9 Å². The number of carbonyl (C=O) groups excluding carboxylic acids is 1. The molecule has 0 spiro atoms. The smallest absolute Gasteiger partial charge is 0.271 e. The molecule has 0 atom stereocenters. The first kappa shape index (κ1) is 21.2. The lowest BCUT2D eigenvalue weighted by atomic mass is 10.3. The zero-order valence-electron chi connectivity index (χ0n) is 16.6. The Kier molecular flexibility index (Phi) is 5.96. The van der Waals surface area contributed by atoms with Crippen LogP contribution in [0.1, 0.15) is 5.69 Å². The van der Waals surface area contributed by atoms with Crippen LogP contribution in [-0.2, 0) is 4.79 Å². The van der Waals surface area contributed by atoms with E-state index in [0.717, 1.165) is 0 Å². The van der Waals surface area contributed by atoms with Gasteiger partial charge in [0.25, 0.3) is 17.5 Å². The fraction of sp³-hybridized carbons (Fsp3) is 0.250. The monoisotopic (exact) mass is 457 g/mol. The number of amides is 1. The molecule has 0 unspecified atom stereocenters. The molecule has 3 aromatic rings. The van der Waals surface area contributed by atoms with Crippen LogP contribution in [0.5, 0.6) is 5.75 Å². The molecule has 11 nitrogen and oxygen atoms in total. The molecule has 1 saturated heterocycles. The number of furan rings is 1. The Balaban J connectivity index is 1.34. The summed E-state index contributed by atoms with van der Waals surface area (Å²) >= 11 is 5.99. The molecule has 1 amide bonds. The normalized spacial score (nSPS) is 13.6. The van der Waals surface area contributed by atoms with Gasteiger partial charge in [0.1, 0.15) is 11.8 Å². The highest BCUT2D eigenvalue weighted by atomic mass is 35.5. The summed E-state index contributed by atoms with van der Waals surface area (Å²) in [6.07, 6.45) is 1.49. The Morgan fingerprint density at radius 3 is 2.72 bits per heavy atom. The van der Waals surface area contributed by atoms with Crippen molar-refractivity contribution < 1.29 is 23.3 Å². The number of carbonyl (C=O) groups is 1. The van der Waals surface area contributed by atoms with Crippen LogP contribution in [-0.4, -0.2) is 53.5 Å². The van der Waals surface area contributed by atoms with Gasteiger partial charge in [0.15, 0.2) is 12.4 Å². The number of hydrogen-bond acceptors (Lipinski definition) is 9. The number of aromatic nitrogens is 1. The number of non-ortho nitro benzene ring substituents is 1. The van der Waals surface area contributed by atoms with Crippen molar-refractivity contribution in [3.05, 3.63) is 57.4 Å². The third kappa shape index (κ3) is 4.35. The lowest BCUT2D eigenvalue weighted by Gasteiger charge is -2.34. The van der Waals surface area contributed by atoms with Gasteiger partial charge in [0.2, 0.25) is 11.6 Å². The van der Waals surface area contributed by atoms with Crippen molar-refractivity contribution in [2.75, 3.05) is 37.7 Å². The van der Waals surface area contributed by atoms with Crippen LogP contribution >= 0.6 is 11.6 Å². The molecular formula is C20H16ClN5O6. The number of ether oxygens (including phenoxy) is 1. The fourth-order valence-electron chi connectivity index (χ4n) is 3.21. The number of anilines is 1. The van der Waals surface area contributed by atoms with Crippen LogP contribution in [0.4, 0.5) is 11.6 Å². The first-order valence-corrected chi connectivity index (χ1v) is 9.88. The number of hydrogen-bond donors (Lipinski definition) is 0. The summed E-state index contributed by atoms with van der Waals surface area (Å²) in [5.74, 6) is 0.903. The lowest BCUT2D eigenvalue weighted by Crippen LogP contribution is -2.50. The molecule has 1 fully saturated rings. The van der Waals surface area contributed by atoms with Crippen LogP contribution in [0.25, 0.3) is 11.7 Å². The quantitative estimate of drug-likeness (QED) is 0.403. The second-order valence-electron chi connectivity index (χ2n) is 6.79. The number of nitrogens with zero attached hydrogens (tertiary/aromatic N) is 5. The van der Waals surface area contributed by atoms with E-state index in [1.165, 1.54) is 24.5 Å². The van der Waals surface area contributed by atoms with Gasteiger partial charge in [-0.1, -0.05) is 11.6 Å². The van der Waals surface area contributed by atoms with E-state index in [1.54, 1.807) is 17.0 Å². The van der Waals surface area contributed by atoms with Gasteiger partial charge in [-0.2, -0.15) is 10.2 Å². The molecule has 0 bridgehead atoms. The Morgan fingerprint density at radius 2 is 2.09 bits per heavy atom. The number of nitro benzene ring substituents is 1. The number of benzene rings is 1. The first-order chi connectivity index (χ1) is 15.5. The molecule has 0 aliphatic carbocycles. The van der Waals surface area contributed by atoms with E-state index in [1.807, 2.05) is 11.0 Å². The summed E-state index contributed by atoms with van der Waals surface area (Å²) in [6.45, 7) is 1.39. The summed E-state index contributed by atoms with van der Waals surface area (Å²) in [4.78, 5) is 30.4. The average Bonchev–Trinajstić information content (AvgIpc) is 3.48. The van der Waals surface area contributed by atoms with Crippen molar-refractivity contribution >= 4 is 29.1 Å². The molecule has 32 heavy (non-hydrogen) atoms. The zero-order valence-corrected chi connectivity index (χ0v) is 17.3. The molecule has 2 aromatic heterocycles. The maximum absolute atomic E-state index is 12.5. The second kappa shape index (κ2) is 8.99. The predicted molar refractivity (Wildman–Crippen MR) is 111 cm³/mol. The molecule has 0 radical (unpaired) electrons. The number of nitriles is 1. The van der Waals surface area contributed by atoms with Crippen LogP contribution in [0.15, 0.2) is 45.4 Å². The maximum Gasteiger partial charge on any atom is 0.271 e. The minimum Gasteiger partial charge on any atom is -0.482 e. The van der Waals surface area contributed by atoms with Crippen molar-refractivity contribution in [2.24, 2.45) is 0 Å². The van der Waals surface area contributed by atoms with Gasteiger partial charge in [-0.15, -0.1) is 0 Å². The summed E-state index contributed by atoms with van der Waals surface area (Å²) < 4.78 is 16.4. The topological polar surface area (TPSA) is 139 Å². The lowest BCUT2D eigenvalue weighted by molar-refractivity contribution is -0.384. The van der Waals surface area contributed by atoms with E-state index < -0.39 is 4.92 Å². The third-order valence-corrected chi connectivity index (χ3v) is 5.14. The zero-order chi connectivity index (χ0) is 22.7. The highest BCUT2D eigenvalue weighted by Crippen LogP contribution is 2.30. The van der Waals surface area contributed by atoms with E-state index in [2.05, 4.69) is 4.98 Å². The highest BCUT2D eigenvalue weighted by Gasteiger charge is 2.27. The SMILES string of the molecule is N#Cc1nc(-c2ccco2)oc1N1CCN(C(=O)COc2ccc([N+](=O)[O-])cc2Cl)CC1. The second-order valence-corrected chi connectivity index (χ2v) is 7.20. The molecule has 4 rings (SSSR count). The Bertz CT molecular complexity index is 1180. The molecular weight excluding hydrogens is 442 g/mol. The van der Waals surface area contributed by atoms with Crippen LogP contribution in [0, 0.1) is 21.4 Å². The predicted octanol–water partition coefficient (Wildman–Crippen LogP) is 3.10. The van der Waals surface area contributed by atoms with E-state index in [9.17, 15) is 20.2 Å². The van der Waals surface area contributed by atoms with Crippen molar-refractivity contribution in [2.45, 2.75) is 0 Å². The molecule has 1 aliphatic rings. The summed E-state index contributed by atoms with van der Waals surface area (Å²) in [5.41, 5.74) is -0.0171. The molecule has 12 heteroatoms. The fourth-order valence-corrected chi connectivity index (χ4v) is 3.44. The van der Waals surface area contributed by atoms with E-state index >= 15 is 0 Å². The molecule has 1 aliphatic heterocycles. The van der Waals surface area contributed by atoms with Crippen molar-refractivity contribution in [3.63, 3.8) is 0 Å². The Hall–Kier alpha value is -4.04. The Labute approximate surface area is 186 Å². The number of piperazine rings is 1. The minimum absolute atomic E-state index is 0.0542. The van der Waals surface area contributed by atoms with Crippen LogP contribution < -0.4 is 9.64 Å². The van der Waals surface area contributed by atoms with Crippen LogP contribution in [0.2, 0.25) is 5.02 Å². The first-order valence-electron chi connectivity index (χ1n) is 9.50. The standard InChI is InChI=1S/C20H16ClN5O6/c21-14-10-13(26(28)29)3-4-16(14)31-12-18(27)24-5-7-25(8-6-24)20-15(11-22)23-19(32-20)17-2-1-9-30-17/h1-4,9-10H,5-8,12H2. The summed E-state index contributed by atoms with van der Waals surface area (Å²) in [5, 5.41) is 20.2. The molecule has 3 heterocycles. The van der Waals surface area contributed by atoms with Gasteiger partial charge < -0.3 is 23.4 Å². The molecule has 164 valence electrons. The van der Waals surface area contributed by atoms with E-state index in [4.69, 9.17) is 25.2 Å². The average molecular weight is 458 g/mol. The highest BCUT2D eigenvalue weighted by molar-refractivity contribution is 6.32. The molecule has 1 aromatic carbocycles. The van der Waals surface area contributed by atoms with Crippen molar-refractivity contribution in [1.29, 1.82) is 5.26 Å². The van der Waals surface area contributed by atoms with Gasteiger partial charge in [-0.25, -0.2) is 0 Å². The molecule has 0 saturated carbocycles. The maximum atomic E-state index is 12.5. The van der Waals surface area contributed by atoms with E-state index in [0.29, 0.717) is 37.8 Å². The van der Waals surface area contributed by atoms with Crippen molar-refractivity contribution in [3.8, 4) is 23.5 Å². The minimum atomic E-state index is -0.565. The van der Waals surface area contributed by atoms with Gasteiger partial charge >= 0.3 is 0 Å². The number of oxazole rings is 1. The third-order valence-electron chi connectivity index (χ3n) is 4.84. The van der Waals surface area contributed by atoms with Gasteiger partial charge in [-0.05, 0) is 18.2 Å². The van der Waals surface area contributed by atoms with Gasteiger partial charge in [0, 0.05) is 38.3 Å². The molecule has 0 N–H and O–H groups in total. The van der Waals surface area contributed by atoms with E-state index in [-0.39, 0.29) is 40.6 Å². The van der Waals surface area contributed by atoms with Crippen LogP contribution in [0.3, 0.4) is 0 Å². The number of nitro groups is 1. The number of halogens is 1. The van der Waals surface area contributed by atoms with Crippen molar-refractivity contribution in [1.82, 2.24) is 9.88 Å². The largest absolute Gasteiger partial charge is 0.482 e. The number of rotatable bonds is 6. The van der Waals surface area contributed by atoms with Gasteiger partial charge in [0.05, 0.1) is 16.2 Å². The summed E-state index contributed by atoms with van der Waals surface area (Å²) in [7, 11) is 0.